The van der Waals surface area contributed by atoms with Crippen molar-refractivity contribution in [2.24, 2.45) is 0 Å². The number of aromatic nitrogens is 1. The Kier molecular flexibility index (Phi) is 4.11. The molecule has 4 nitrogen and oxygen atoms in total. The second-order valence-corrected chi connectivity index (χ2v) is 6.62. The zero-order chi connectivity index (χ0) is 13.0. The summed E-state index contributed by atoms with van der Waals surface area (Å²) in [4.78, 5) is 15.9. The van der Waals surface area contributed by atoms with Gasteiger partial charge in [0.15, 0.2) is 0 Å². The van der Waals surface area contributed by atoms with Crippen molar-refractivity contribution in [1.82, 2.24) is 10.3 Å². The van der Waals surface area contributed by atoms with Gasteiger partial charge in [0.05, 0.1) is 18.3 Å². The van der Waals surface area contributed by atoms with Crippen LogP contribution in [-0.4, -0.2) is 27.9 Å². The molecule has 1 fully saturated rings. The van der Waals surface area contributed by atoms with Crippen molar-refractivity contribution in [2.45, 2.75) is 30.9 Å². The lowest BCUT2D eigenvalue weighted by atomic mass is 10.1. The number of thioether (sulfide) groups is 1. The molecule has 2 rings (SSSR count). The molecule has 0 aliphatic carbocycles. The number of nitrogen functional groups attached to an aromatic ring is 1. The van der Waals surface area contributed by atoms with Crippen LogP contribution in [0.15, 0.2) is 18.3 Å². The molecular formula is C13H19N3OS. The van der Waals surface area contributed by atoms with E-state index in [1.165, 1.54) is 18.6 Å². The van der Waals surface area contributed by atoms with E-state index in [-0.39, 0.29) is 10.7 Å². The van der Waals surface area contributed by atoms with Crippen molar-refractivity contribution in [3.8, 4) is 0 Å². The number of carbonyl (C=O) groups excluding carboxylic acids is 1. The first kappa shape index (κ1) is 13.2. The predicted octanol–water partition coefficient (Wildman–Crippen LogP) is 1.61. The maximum atomic E-state index is 11.8. The maximum Gasteiger partial charge on any atom is 0.226 e. The highest BCUT2D eigenvalue weighted by Crippen LogP contribution is 2.36. The lowest BCUT2D eigenvalue weighted by Gasteiger charge is -2.22. The van der Waals surface area contributed by atoms with Crippen LogP contribution in [0.4, 0.5) is 5.69 Å². The Hall–Kier alpha value is -1.23. The van der Waals surface area contributed by atoms with Gasteiger partial charge in [-0.05, 0) is 37.7 Å². The summed E-state index contributed by atoms with van der Waals surface area (Å²) in [6.45, 7) is 2.96. The third-order valence-electron chi connectivity index (χ3n) is 3.15. The van der Waals surface area contributed by atoms with E-state index in [0.29, 0.717) is 12.1 Å². The number of amides is 1. The van der Waals surface area contributed by atoms with Crippen LogP contribution in [0.25, 0.3) is 0 Å². The van der Waals surface area contributed by atoms with Crippen LogP contribution in [0.3, 0.4) is 0 Å². The number of nitrogens with two attached hydrogens (primary N) is 1. The second-order valence-electron chi connectivity index (χ2n) is 4.94. The number of carbonyl (C=O) groups is 1. The quantitative estimate of drug-likeness (QED) is 0.868. The van der Waals surface area contributed by atoms with Crippen molar-refractivity contribution in [1.29, 1.82) is 0 Å². The van der Waals surface area contributed by atoms with E-state index in [2.05, 4.69) is 17.2 Å². The summed E-state index contributed by atoms with van der Waals surface area (Å²) >= 11 is 1.95. The van der Waals surface area contributed by atoms with E-state index < -0.39 is 0 Å². The zero-order valence-electron chi connectivity index (χ0n) is 10.6. The molecule has 0 aromatic carbocycles. The molecule has 2 heterocycles. The zero-order valence-corrected chi connectivity index (χ0v) is 11.4. The van der Waals surface area contributed by atoms with Crippen LogP contribution in [0.2, 0.25) is 0 Å². The minimum atomic E-state index is 0.0287. The van der Waals surface area contributed by atoms with Crippen molar-refractivity contribution < 1.29 is 4.79 Å². The van der Waals surface area contributed by atoms with Gasteiger partial charge in [-0.3, -0.25) is 9.78 Å². The fraction of sp³-hybridized carbons (Fsp3) is 0.538. The van der Waals surface area contributed by atoms with Gasteiger partial charge in [-0.2, -0.15) is 11.8 Å². The molecule has 1 aromatic heterocycles. The standard InChI is InChI=1S/C13H19N3OS/c1-13(5-2-6-18-13)9-16-12(17)7-11-4-3-10(14)8-15-11/h3-4,8H,2,5-7,9,14H2,1H3,(H,16,17). The summed E-state index contributed by atoms with van der Waals surface area (Å²) in [6, 6.07) is 3.56. The number of nitrogens with zero attached hydrogens (tertiary/aromatic N) is 1. The Morgan fingerprint density at radius 3 is 3.06 bits per heavy atom. The van der Waals surface area contributed by atoms with Crippen molar-refractivity contribution >= 4 is 23.4 Å². The molecule has 5 heteroatoms. The Morgan fingerprint density at radius 1 is 1.61 bits per heavy atom. The van der Waals surface area contributed by atoms with Crippen LogP contribution in [0, 0.1) is 0 Å². The molecular weight excluding hydrogens is 246 g/mol. The van der Waals surface area contributed by atoms with Gasteiger partial charge in [0.1, 0.15) is 0 Å². The average molecular weight is 265 g/mol. The van der Waals surface area contributed by atoms with Crippen molar-refractivity contribution in [2.75, 3.05) is 18.0 Å². The summed E-state index contributed by atoms with van der Waals surface area (Å²) in [5.41, 5.74) is 6.93. The highest BCUT2D eigenvalue weighted by Gasteiger charge is 2.29. The lowest BCUT2D eigenvalue weighted by molar-refractivity contribution is -0.120. The highest BCUT2D eigenvalue weighted by molar-refractivity contribution is 8.00. The third-order valence-corrected chi connectivity index (χ3v) is 4.69. The molecule has 0 spiro atoms. The highest BCUT2D eigenvalue weighted by atomic mass is 32.2. The Bertz CT molecular complexity index is 413. The minimum Gasteiger partial charge on any atom is -0.397 e. The second kappa shape index (κ2) is 5.61. The minimum absolute atomic E-state index is 0.0287. The Morgan fingerprint density at radius 2 is 2.44 bits per heavy atom. The molecule has 1 unspecified atom stereocenters. The van der Waals surface area contributed by atoms with E-state index in [9.17, 15) is 4.79 Å². The van der Waals surface area contributed by atoms with Crippen LogP contribution < -0.4 is 11.1 Å². The molecule has 1 aromatic rings. The van der Waals surface area contributed by atoms with Crippen molar-refractivity contribution in [3.63, 3.8) is 0 Å². The van der Waals surface area contributed by atoms with Gasteiger partial charge in [0, 0.05) is 17.0 Å². The van der Waals surface area contributed by atoms with Gasteiger partial charge in [0.25, 0.3) is 0 Å². The molecule has 0 saturated carbocycles. The third kappa shape index (κ3) is 3.63. The number of nitrogens with one attached hydrogen (secondary N) is 1. The van der Waals surface area contributed by atoms with E-state index in [0.717, 1.165) is 12.2 Å². The monoisotopic (exact) mass is 265 g/mol. The number of hydrogen-bond acceptors (Lipinski definition) is 4. The number of anilines is 1. The normalized spacial score (nSPS) is 22.9. The largest absolute Gasteiger partial charge is 0.397 e. The van der Waals surface area contributed by atoms with Gasteiger partial charge in [-0.1, -0.05) is 0 Å². The smallest absolute Gasteiger partial charge is 0.226 e. The summed E-state index contributed by atoms with van der Waals surface area (Å²) in [5, 5.41) is 3.00. The number of rotatable bonds is 4. The van der Waals surface area contributed by atoms with Crippen LogP contribution in [-0.2, 0) is 11.2 Å². The van der Waals surface area contributed by atoms with E-state index in [4.69, 9.17) is 5.73 Å². The van der Waals surface area contributed by atoms with Gasteiger partial charge in [0.2, 0.25) is 5.91 Å². The predicted molar refractivity (Wildman–Crippen MR) is 75.5 cm³/mol. The van der Waals surface area contributed by atoms with E-state index in [1.54, 1.807) is 18.3 Å². The molecule has 1 saturated heterocycles. The summed E-state index contributed by atoms with van der Waals surface area (Å²) < 4.78 is 0.213. The van der Waals surface area contributed by atoms with E-state index in [1.807, 2.05) is 11.8 Å². The van der Waals surface area contributed by atoms with Gasteiger partial charge in [-0.25, -0.2) is 0 Å². The SMILES string of the molecule is CC1(CNC(=O)Cc2ccc(N)cn2)CCCS1. The molecule has 1 atom stereocenters. The molecule has 0 bridgehead atoms. The first-order valence-electron chi connectivity index (χ1n) is 6.18. The molecule has 1 amide bonds. The fourth-order valence-electron chi connectivity index (χ4n) is 2.03. The molecule has 98 valence electrons. The summed E-state index contributed by atoms with van der Waals surface area (Å²) in [5.74, 6) is 1.23. The molecule has 1 aliphatic heterocycles. The first-order valence-corrected chi connectivity index (χ1v) is 7.17. The Balaban J connectivity index is 1.80. The van der Waals surface area contributed by atoms with Crippen molar-refractivity contribution in [3.05, 3.63) is 24.0 Å². The van der Waals surface area contributed by atoms with Gasteiger partial charge in [-0.15, -0.1) is 0 Å². The molecule has 18 heavy (non-hydrogen) atoms. The Labute approximate surface area is 112 Å². The van der Waals surface area contributed by atoms with Gasteiger partial charge < -0.3 is 11.1 Å². The van der Waals surface area contributed by atoms with Gasteiger partial charge >= 0.3 is 0 Å². The number of hydrogen-bond donors (Lipinski definition) is 2. The van der Waals surface area contributed by atoms with Crippen LogP contribution in [0.5, 0.6) is 0 Å². The summed E-state index contributed by atoms with van der Waals surface area (Å²) in [7, 11) is 0. The average Bonchev–Trinajstić information content (AvgIpc) is 2.78. The molecule has 0 radical (unpaired) electrons. The molecule has 1 aliphatic rings. The topological polar surface area (TPSA) is 68.0 Å². The summed E-state index contributed by atoms with van der Waals surface area (Å²) in [6.07, 6.45) is 4.33. The van der Waals surface area contributed by atoms with Crippen LogP contribution >= 0.6 is 11.8 Å². The maximum absolute atomic E-state index is 11.8. The molecule has 3 N–H and O–H groups in total. The first-order chi connectivity index (χ1) is 8.57. The number of pyridine rings is 1. The van der Waals surface area contributed by atoms with E-state index >= 15 is 0 Å². The lowest BCUT2D eigenvalue weighted by Crippen LogP contribution is -2.37. The fourth-order valence-corrected chi connectivity index (χ4v) is 3.27. The van der Waals surface area contributed by atoms with Crippen LogP contribution in [0.1, 0.15) is 25.5 Å².